The van der Waals surface area contributed by atoms with Crippen molar-refractivity contribution in [3.8, 4) is 11.4 Å². The van der Waals surface area contributed by atoms with Crippen molar-refractivity contribution in [2.45, 2.75) is 6.92 Å². The Morgan fingerprint density at radius 1 is 1.41 bits per heavy atom. The first-order chi connectivity index (χ1) is 10.8. The van der Waals surface area contributed by atoms with Crippen LogP contribution in [0.5, 0.6) is 0 Å². The number of hydrogen-bond acceptors (Lipinski definition) is 7. The van der Waals surface area contributed by atoms with Crippen molar-refractivity contribution in [1.82, 2.24) is 20.4 Å². The van der Waals surface area contributed by atoms with Gasteiger partial charge >= 0.3 is 11.8 Å². The first-order valence-corrected chi connectivity index (χ1v) is 7.19. The van der Waals surface area contributed by atoms with Gasteiger partial charge < -0.3 is 19.5 Å². The highest BCUT2D eigenvalue weighted by molar-refractivity contribution is 5.89. The summed E-state index contributed by atoms with van der Waals surface area (Å²) in [6.07, 6.45) is 1.70. The van der Waals surface area contributed by atoms with Gasteiger partial charge in [-0.1, -0.05) is 5.16 Å². The minimum Gasteiger partial charge on any atom is -0.378 e. The van der Waals surface area contributed by atoms with Crippen molar-refractivity contribution < 1.29 is 14.1 Å². The molecule has 1 aliphatic heterocycles. The van der Waals surface area contributed by atoms with Crippen LogP contribution in [0.3, 0.4) is 0 Å². The zero-order valence-corrected chi connectivity index (χ0v) is 12.3. The molecule has 3 heterocycles. The number of carbonyl (C=O) groups excluding carboxylic acids is 1. The molecule has 0 atom stereocenters. The van der Waals surface area contributed by atoms with Crippen molar-refractivity contribution in [2.24, 2.45) is 0 Å². The second-order valence-corrected chi connectivity index (χ2v) is 4.78. The molecule has 8 heteroatoms. The summed E-state index contributed by atoms with van der Waals surface area (Å²) in [4.78, 5) is 22.3. The number of anilines is 1. The van der Waals surface area contributed by atoms with E-state index >= 15 is 0 Å². The van der Waals surface area contributed by atoms with E-state index in [2.05, 4.69) is 25.3 Å². The number of pyridine rings is 1. The number of hydrogen-bond donors (Lipinski definition) is 1. The van der Waals surface area contributed by atoms with Gasteiger partial charge in [-0.05, 0) is 19.1 Å². The fourth-order valence-corrected chi connectivity index (χ4v) is 2.19. The maximum absolute atomic E-state index is 11.7. The van der Waals surface area contributed by atoms with Crippen molar-refractivity contribution in [1.29, 1.82) is 0 Å². The lowest BCUT2D eigenvalue weighted by Crippen LogP contribution is -2.36. The third-order valence-electron chi connectivity index (χ3n) is 3.30. The van der Waals surface area contributed by atoms with Gasteiger partial charge in [0, 0.05) is 31.4 Å². The molecule has 1 aliphatic rings. The maximum Gasteiger partial charge on any atom is 0.316 e. The summed E-state index contributed by atoms with van der Waals surface area (Å²) in [7, 11) is 0. The van der Waals surface area contributed by atoms with Gasteiger partial charge in [-0.15, -0.1) is 0 Å². The quantitative estimate of drug-likeness (QED) is 0.889. The topological polar surface area (TPSA) is 93.4 Å². The normalized spacial score (nSPS) is 14.9. The summed E-state index contributed by atoms with van der Waals surface area (Å²) in [6.45, 7) is 5.31. The van der Waals surface area contributed by atoms with Gasteiger partial charge in [0.15, 0.2) is 0 Å². The SMILES string of the molecule is CCNC(=O)c1nc(-c2ccnc(N3CCOCC3)c2)no1. The van der Waals surface area contributed by atoms with Crippen LogP contribution >= 0.6 is 0 Å². The molecule has 1 N–H and O–H groups in total. The fraction of sp³-hybridized carbons (Fsp3) is 0.429. The number of nitrogens with one attached hydrogen (secondary N) is 1. The molecule has 0 aromatic carbocycles. The molecular weight excluding hydrogens is 286 g/mol. The molecule has 8 nitrogen and oxygen atoms in total. The number of aromatic nitrogens is 3. The molecule has 3 rings (SSSR count). The molecule has 22 heavy (non-hydrogen) atoms. The van der Waals surface area contributed by atoms with Gasteiger partial charge in [0.2, 0.25) is 5.82 Å². The van der Waals surface area contributed by atoms with Crippen molar-refractivity contribution in [3.05, 3.63) is 24.2 Å². The van der Waals surface area contributed by atoms with E-state index < -0.39 is 0 Å². The maximum atomic E-state index is 11.7. The molecule has 0 spiro atoms. The van der Waals surface area contributed by atoms with E-state index in [1.807, 2.05) is 13.0 Å². The van der Waals surface area contributed by atoms with Gasteiger partial charge in [0.1, 0.15) is 5.82 Å². The van der Waals surface area contributed by atoms with E-state index in [0.29, 0.717) is 25.6 Å². The number of rotatable bonds is 4. The van der Waals surface area contributed by atoms with Crippen LogP contribution in [0.2, 0.25) is 0 Å². The Bertz CT molecular complexity index is 651. The number of amides is 1. The first kappa shape index (κ1) is 14.5. The van der Waals surface area contributed by atoms with Gasteiger partial charge in [-0.2, -0.15) is 4.98 Å². The molecular formula is C14H17N5O3. The van der Waals surface area contributed by atoms with E-state index in [1.165, 1.54) is 0 Å². The zero-order valence-electron chi connectivity index (χ0n) is 12.3. The van der Waals surface area contributed by atoms with Crippen LogP contribution in [-0.4, -0.2) is 53.9 Å². The van der Waals surface area contributed by atoms with Crippen LogP contribution in [-0.2, 0) is 4.74 Å². The highest BCUT2D eigenvalue weighted by Gasteiger charge is 2.17. The highest BCUT2D eigenvalue weighted by Crippen LogP contribution is 2.21. The van der Waals surface area contributed by atoms with E-state index in [9.17, 15) is 4.79 Å². The van der Waals surface area contributed by atoms with E-state index in [0.717, 1.165) is 24.5 Å². The van der Waals surface area contributed by atoms with Crippen LogP contribution in [0.15, 0.2) is 22.9 Å². The van der Waals surface area contributed by atoms with Crippen LogP contribution < -0.4 is 10.2 Å². The summed E-state index contributed by atoms with van der Waals surface area (Å²) in [6, 6.07) is 3.67. The molecule has 1 fully saturated rings. The smallest absolute Gasteiger partial charge is 0.316 e. The van der Waals surface area contributed by atoms with Gasteiger partial charge in [-0.3, -0.25) is 4.79 Å². The van der Waals surface area contributed by atoms with Gasteiger partial charge in [0.25, 0.3) is 0 Å². The summed E-state index contributed by atoms with van der Waals surface area (Å²) in [5.74, 6) is 0.800. The van der Waals surface area contributed by atoms with E-state index in [-0.39, 0.29) is 11.8 Å². The fourth-order valence-electron chi connectivity index (χ4n) is 2.19. The second kappa shape index (κ2) is 6.52. The third-order valence-corrected chi connectivity index (χ3v) is 3.30. The van der Waals surface area contributed by atoms with Crippen LogP contribution in [0.25, 0.3) is 11.4 Å². The molecule has 1 amide bonds. The summed E-state index contributed by atoms with van der Waals surface area (Å²) in [5.41, 5.74) is 0.760. The summed E-state index contributed by atoms with van der Waals surface area (Å²) in [5, 5.41) is 6.48. The van der Waals surface area contributed by atoms with E-state index in [4.69, 9.17) is 9.26 Å². The molecule has 2 aromatic heterocycles. The minimum absolute atomic E-state index is 0.0402. The largest absolute Gasteiger partial charge is 0.378 e. The average molecular weight is 303 g/mol. The number of morpholine rings is 1. The van der Waals surface area contributed by atoms with Crippen molar-refractivity contribution in [2.75, 3.05) is 37.7 Å². The first-order valence-electron chi connectivity index (χ1n) is 7.19. The number of ether oxygens (including phenoxy) is 1. The monoisotopic (exact) mass is 303 g/mol. The highest BCUT2D eigenvalue weighted by atomic mass is 16.5. The number of carbonyl (C=O) groups is 1. The lowest BCUT2D eigenvalue weighted by molar-refractivity contribution is 0.0912. The summed E-state index contributed by atoms with van der Waals surface area (Å²) >= 11 is 0. The second-order valence-electron chi connectivity index (χ2n) is 4.78. The standard InChI is InChI=1S/C14H17N5O3/c1-2-15-13(20)14-17-12(18-22-14)10-3-4-16-11(9-10)19-5-7-21-8-6-19/h3-4,9H,2,5-8H2,1H3,(H,15,20). The Balaban J connectivity index is 1.81. The molecule has 0 radical (unpaired) electrons. The molecule has 1 saturated heterocycles. The zero-order chi connectivity index (χ0) is 15.4. The summed E-state index contributed by atoms with van der Waals surface area (Å²) < 4.78 is 10.3. The van der Waals surface area contributed by atoms with Crippen molar-refractivity contribution in [3.63, 3.8) is 0 Å². The van der Waals surface area contributed by atoms with Gasteiger partial charge in [0.05, 0.1) is 13.2 Å². The number of nitrogens with zero attached hydrogens (tertiary/aromatic N) is 4. The molecule has 116 valence electrons. The third kappa shape index (κ3) is 3.06. The molecule has 0 bridgehead atoms. The van der Waals surface area contributed by atoms with E-state index in [1.54, 1.807) is 12.3 Å². The predicted molar refractivity (Wildman–Crippen MR) is 78.6 cm³/mol. The van der Waals surface area contributed by atoms with Crippen LogP contribution in [0, 0.1) is 0 Å². The molecule has 0 aliphatic carbocycles. The average Bonchev–Trinajstić information content (AvgIpc) is 3.06. The lowest BCUT2D eigenvalue weighted by Gasteiger charge is -2.27. The molecule has 2 aromatic rings. The van der Waals surface area contributed by atoms with Crippen molar-refractivity contribution >= 4 is 11.7 Å². The molecule has 0 unspecified atom stereocenters. The van der Waals surface area contributed by atoms with Crippen LogP contribution in [0.4, 0.5) is 5.82 Å². The Morgan fingerprint density at radius 3 is 3.00 bits per heavy atom. The minimum atomic E-state index is -0.372. The Morgan fingerprint density at radius 2 is 2.23 bits per heavy atom. The Kier molecular flexibility index (Phi) is 4.29. The Hall–Kier alpha value is -2.48. The Labute approximate surface area is 127 Å². The molecule has 0 saturated carbocycles. The van der Waals surface area contributed by atoms with Gasteiger partial charge in [-0.25, -0.2) is 4.98 Å². The predicted octanol–water partition coefficient (Wildman–Crippen LogP) is 0.718. The lowest BCUT2D eigenvalue weighted by atomic mass is 10.2. The van der Waals surface area contributed by atoms with Crippen LogP contribution in [0.1, 0.15) is 17.6 Å².